The van der Waals surface area contributed by atoms with Crippen LogP contribution < -0.4 is 10.2 Å². The van der Waals surface area contributed by atoms with Crippen LogP contribution in [0.4, 0.5) is 32.0 Å². The zero-order valence-corrected chi connectivity index (χ0v) is 17.3. The number of hydrogen-bond donors (Lipinski definition) is 1. The van der Waals surface area contributed by atoms with Crippen LogP contribution in [0, 0.1) is 0 Å². The number of alkyl halides is 6. The van der Waals surface area contributed by atoms with Gasteiger partial charge in [0.25, 0.3) is 0 Å². The first kappa shape index (κ1) is 24.3. The zero-order chi connectivity index (χ0) is 24.4. The van der Waals surface area contributed by atoms with Crippen molar-refractivity contribution >= 4 is 17.6 Å². The van der Waals surface area contributed by atoms with E-state index in [1.54, 1.807) is 0 Å². The molecule has 1 amide bonds. The predicted molar refractivity (Wildman–Crippen MR) is 104 cm³/mol. The molecule has 1 unspecified atom stereocenters. The number of esters is 1. The van der Waals surface area contributed by atoms with Crippen molar-refractivity contribution in [3.8, 4) is 0 Å². The van der Waals surface area contributed by atoms with Crippen LogP contribution in [0.1, 0.15) is 23.1 Å². The Kier molecular flexibility index (Phi) is 6.57. The van der Waals surface area contributed by atoms with E-state index < -0.39 is 40.9 Å². The number of halogens is 6. The van der Waals surface area contributed by atoms with Crippen molar-refractivity contribution in [3.05, 3.63) is 59.4 Å². The maximum Gasteiger partial charge on any atom is 0.417 e. The van der Waals surface area contributed by atoms with Gasteiger partial charge >= 0.3 is 18.3 Å². The fraction of sp³-hybridized carbons (Fsp3) is 0.381. The van der Waals surface area contributed by atoms with E-state index in [-0.39, 0.29) is 37.2 Å². The van der Waals surface area contributed by atoms with E-state index in [4.69, 9.17) is 4.74 Å². The third-order valence-corrected chi connectivity index (χ3v) is 5.29. The number of nitrogens with one attached hydrogen (secondary N) is 1. The van der Waals surface area contributed by atoms with Crippen LogP contribution in [0.15, 0.2) is 42.7 Å². The number of amides is 1. The summed E-state index contributed by atoms with van der Waals surface area (Å²) in [5, 5.41) is 2.56. The maximum atomic E-state index is 13.0. The molecule has 0 radical (unpaired) electrons. The minimum atomic E-state index is -4.60. The van der Waals surface area contributed by atoms with E-state index in [0.29, 0.717) is 6.20 Å². The summed E-state index contributed by atoms with van der Waals surface area (Å²) in [6.07, 6.45) is -7.47. The van der Waals surface area contributed by atoms with E-state index in [9.17, 15) is 35.9 Å². The lowest BCUT2D eigenvalue weighted by Crippen LogP contribution is -2.57. The largest absolute Gasteiger partial charge is 0.467 e. The van der Waals surface area contributed by atoms with Crippen LogP contribution in [-0.2, 0) is 33.1 Å². The number of methoxy groups -OCH3 is 1. The number of anilines is 1. The quantitative estimate of drug-likeness (QED) is 0.529. The molecule has 1 aliphatic rings. The van der Waals surface area contributed by atoms with E-state index in [0.717, 1.165) is 37.4 Å². The highest BCUT2D eigenvalue weighted by Crippen LogP contribution is 2.34. The first-order chi connectivity index (χ1) is 15.3. The van der Waals surface area contributed by atoms with Crippen LogP contribution in [0.3, 0.4) is 0 Å². The van der Waals surface area contributed by atoms with Gasteiger partial charge in [-0.3, -0.25) is 9.78 Å². The number of nitrogens with zero attached hydrogens (tertiary/aromatic N) is 2. The number of carbonyl (C=O) groups excluding carboxylic acids is 2. The van der Waals surface area contributed by atoms with Gasteiger partial charge in [-0.15, -0.1) is 0 Å². The number of ether oxygens (including phenoxy) is 1. The number of benzene rings is 1. The smallest absolute Gasteiger partial charge is 0.417 e. The molecule has 178 valence electrons. The van der Waals surface area contributed by atoms with Crippen LogP contribution >= 0.6 is 0 Å². The molecule has 1 N–H and O–H groups in total. The van der Waals surface area contributed by atoms with Crippen molar-refractivity contribution in [1.29, 1.82) is 0 Å². The fourth-order valence-electron chi connectivity index (χ4n) is 3.61. The monoisotopic (exact) mass is 475 g/mol. The Labute approximate surface area is 184 Å². The summed E-state index contributed by atoms with van der Waals surface area (Å²) in [6.45, 7) is -0.0277. The Hall–Kier alpha value is -3.31. The molecule has 1 saturated heterocycles. The highest BCUT2D eigenvalue weighted by molar-refractivity contribution is 5.90. The van der Waals surface area contributed by atoms with Gasteiger partial charge in [-0.2, -0.15) is 26.3 Å². The Morgan fingerprint density at radius 2 is 1.70 bits per heavy atom. The molecule has 1 fully saturated rings. The molecule has 1 atom stereocenters. The molecule has 33 heavy (non-hydrogen) atoms. The summed E-state index contributed by atoms with van der Waals surface area (Å²) in [4.78, 5) is 30.2. The highest BCUT2D eigenvalue weighted by atomic mass is 19.4. The molecular weight excluding hydrogens is 456 g/mol. The molecule has 3 rings (SSSR count). The zero-order valence-electron chi connectivity index (χ0n) is 17.3. The number of aromatic nitrogens is 1. The van der Waals surface area contributed by atoms with Gasteiger partial charge in [0.05, 0.1) is 43.1 Å². The maximum absolute atomic E-state index is 13.0. The Balaban J connectivity index is 1.75. The molecular formula is C21H19F6N3O3. The normalized spacial score (nSPS) is 18.8. The molecule has 12 heteroatoms. The first-order valence-corrected chi connectivity index (χ1v) is 9.67. The van der Waals surface area contributed by atoms with Gasteiger partial charge in [-0.25, -0.2) is 4.79 Å². The van der Waals surface area contributed by atoms with Crippen LogP contribution in [0.25, 0.3) is 0 Å². The van der Waals surface area contributed by atoms with Crippen LogP contribution in [0.2, 0.25) is 0 Å². The molecule has 6 nitrogen and oxygen atoms in total. The number of carbonyl (C=O) groups is 2. The van der Waals surface area contributed by atoms with E-state index >= 15 is 0 Å². The first-order valence-electron chi connectivity index (χ1n) is 9.67. The molecule has 0 saturated carbocycles. The molecule has 2 heterocycles. The second-order valence-corrected chi connectivity index (χ2v) is 7.59. The van der Waals surface area contributed by atoms with Gasteiger partial charge in [0.2, 0.25) is 5.91 Å². The summed E-state index contributed by atoms with van der Waals surface area (Å²) in [7, 11) is 1.11. The summed E-state index contributed by atoms with van der Waals surface area (Å²) >= 11 is 0. The topological polar surface area (TPSA) is 71.5 Å². The van der Waals surface area contributed by atoms with Gasteiger partial charge in [0, 0.05) is 19.2 Å². The van der Waals surface area contributed by atoms with E-state index in [1.165, 1.54) is 11.1 Å². The lowest BCUT2D eigenvalue weighted by Gasteiger charge is -2.28. The fourth-order valence-corrected chi connectivity index (χ4v) is 3.61. The molecule has 0 spiro atoms. The second-order valence-electron chi connectivity index (χ2n) is 7.59. The summed E-state index contributed by atoms with van der Waals surface area (Å²) in [5.74, 6) is -1.44. The van der Waals surface area contributed by atoms with Crippen molar-refractivity contribution in [2.45, 2.75) is 30.7 Å². The second kappa shape index (κ2) is 8.91. The van der Waals surface area contributed by atoms with Crippen molar-refractivity contribution in [1.82, 2.24) is 10.3 Å². The van der Waals surface area contributed by atoms with Crippen LogP contribution in [0.5, 0.6) is 0 Å². The minimum absolute atomic E-state index is 0.0503. The lowest BCUT2D eigenvalue weighted by molar-refractivity contribution is -0.150. The number of pyridine rings is 1. The van der Waals surface area contributed by atoms with Crippen molar-refractivity contribution in [2.24, 2.45) is 0 Å². The van der Waals surface area contributed by atoms with Gasteiger partial charge in [0.1, 0.15) is 0 Å². The molecule has 1 aromatic heterocycles. The Bertz CT molecular complexity index is 1020. The third-order valence-electron chi connectivity index (χ3n) is 5.29. The van der Waals surface area contributed by atoms with E-state index in [1.807, 2.05) is 0 Å². The molecule has 2 aromatic rings. The standard InChI is InChI=1S/C21H19F6N3O3/c1-33-18(32)19(29-17(31)8-13-2-4-14(5-3-13)20(22,23)24)6-7-30(12-19)16-9-15(10-28-11-16)21(25,26)27/h2-5,9-11H,6-8,12H2,1H3,(H,29,31). The minimum Gasteiger partial charge on any atom is -0.467 e. The average Bonchev–Trinajstić information content (AvgIpc) is 3.17. The van der Waals surface area contributed by atoms with Gasteiger partial charge < -0.3 is 15.0 Å². The lowest BCUT2D eigenvalue weighted by atomic mass is 9.97. The van der Waals surface area contributed by atoms with Crippen molar-refractivity contribution in [2.75, 3.05) is 25.1 Å². The van der Waals surface area contributed by atoms with Gasteiger partial charge in [-0.1, -0.05) is 12.1 Å². The number of rotatable bonds is 5. The molecule has 1 aliphatic heterocycles. The molecule has 0 aliphatic carbocycles. The van der Waals surface area contributed by atoms with Gasteiger partial charge in [0.15, 0.2) is 5.54 Å². The van der Waals surface area contributed by atoms with Crippen molar-refractivity contribution in [3.63, 3.8) is 0 Å². The van der Waals surface area contributed by atoms with Crippen molar-refractivity contribution < 1.29 is 40.7 Å². The third kappa shape index (κ3) is 5.55. The average molecular weight is 475 g/mol. The highest BCUT2D eigenvalue weighted by Gasteiger charge is 2.47. The summed E-state index contributed by atoms with van der Waals surface area (Å²) in [6, 6.07) is 4.89. The number of hydrogen-bond acceptors (Lipinski definition) is 5. The Morgan fingerprint density at radius 3 is 2.27 bits per heavy atom. The Morgan fingerprint density at radius 1 is 1.06 bits per heavy atom. The SMILES string of the molecule is COC(=O)C1(NC(=O)Cc2ccc(C(F)(F)F)cc2)CCN(c2cncc(C(F)(F)F)c2)C1. The molecule has 1 aromatic carbocycles. The summed E-state index contributed by atoms with van der Waals surface area (Å²) < 4.78 is 81.9. The van der Waals surface area contributed by atoms with E-state index in [2.05, 4.69) is 10.3 Å². The molecule has 0 bridgehead atoms. The predicted octanol–water partition coefficient (Wildman–Crippen LogP) is 3.60. The van der Waals surface area contributed by atoms with Crippen LogP contribution in [-0.4, -0.2) is 42.6 Å². The van der Waals surface area contributed by atoms with Gasteiger partial charge in [-0.05, 0) is 23.8 Å². The summed E-state index contributed by atoms with van der Waals surface area (Å²) in [5.41, 5.74) is -2.95.